The average Bonchev–Trinajstić information content (AvgIpc) is 3.66. The maximum atomic E-state index is 13.3. The number of alkyl halides is 6. The van der Waals surface area contributed by atoms with Gasteiger partial charge in [-0.3, -0.25) is 19.8 Å². The average molecular weight is 623 g/mol. The zero-order chi connectivity index (χ0) is 32.6. The molecule has 44 heavy (non-hydrogen) atoms. The summed E-state index contributed by atoms with van der Waals surface area (Å²) in [5.41, 5.74) is -3.81. The smallest absolute Gasteiger partial charge is 0.285 e. The molecule has 0 amide bonds. The van der Waals surface area contributed by atoms with Crippen LogP contribution in [-0.4, -0.2) is 39.1 Å². The SMILES string of the molecule is CC(C)(C)c1cc(-n2[nH]c(C(F)(F)F)cc2=O)nn1-c1ccccc1-n1nc(-n2[nH]c(C(F)(F)F)cc2=O)cc1C(C)(C)C. The molecule has 0 aliphatic carbocycles. The zero-order valence-corrected chi connectivity index (χ0v) is 24.4. The van der Waals surface area contributed by atoms with Crippen molar-refractivity contribution in [1.29, 1.82) is 0 Å². The molecular weight excluding hydrogens is 594 g/mol. The topological polar surface area (TPSA) is 111 Å². The van der Waals surface area contributed by atoms with E-state index >= 15 is 0 Å². The fourth-order valence-electron chi connectivity index (χ4n) is 4.64. The Morgan fingerprint density at radius 3 is 1.20 bits per heavy atom. The van der Waals surface area contributed by atoms with Crippen molar-refractivity contribution in [2.45, 2.75) is 64.7 Å². The molecule has 0 saturated carbocycles. The van der Waals surface area contributed by atoms with Gasteiger partial charge < -0.3 is 0 Å². The van der Waals surface area contributed by atoms with E-state index in [1.165, 1.54) is 21.5 Å². The number of nitrogens with zero attached hydrogens (tertiary/aromatic N) is 6. The van der Waals surface area contributed by atoms with Gasteiger partial charge in [-0.1, -0.05) is 53.7 Å². The second-order valence-corrected chi connectivity index (χ2v) is 12.3. The minimum atomic E-state index is -4.78. The summed E-state index contributed by atoms with van der Waals surface area (Å²) in [6.07, 6.45) is -9.56. The molecule has 0 spiro atoms. The summed E-state index contributed by atoms with van der Waals surface area (Å²) in [7, 11) is 0. The first-order chi connectivity index (χ1) is 20.2. The highest BCUT2D eigenvalue weighted by molar-refractivity contribution is 5.55. The number of nitrogens with one attached hydrogen (secondary N) is 2. The number of para-hydroxylation sites is 2. The molecule has 2 N–H and O–H groups in total. The molecule has 1 aromatic carbocycles. The lowest BCUT2D eigenvalue weighted by Gasteiger charge is -2.24. The summed E-state index contributed by atoms with van der Waals surface area (Å²) in [6.45, 7) is 11.1. The molecule has 0 aliphatic heterocycles. The third kappa shape index (κ3) is 5.51. The Morgan fingerprint density at radius 1 is 0.591 bits per heavy atom. The van der Waals surface area contributed by atoms with Crippen molar-refractivity contribution in [3.8, 4) is 23.0 Å². The van der Waals surface area contributed by atoms with E-state index in [2.05, 4.69) is 20.4 Å². The minimum Gasteiger partial charge on any atom is -0.285 e. The monoisotopic (exact) mass is 622 g/mol. The molecular formula is C28H28F6N8O2. The van der Waals surface area contributed by atoms with Gasteiger partial charge in [-0.2, -0.15) is 35.7 Å². The second-order valence-electron chi connectivity index (χ2n) is 12.3. The molecule has 0 fully saturated rings. The Bertz CT molecular complexity index is 1820. The van der Waals surface area contributed by atoms with Gasteiger partial charge in [0.2, 0.25) is 0 Å². The Hall–Kier alpha value is -4.76. The summed E-state index contributed by atoms with van der Waals surface area (Å²) >= 11 is 0. The zero-order valence-electron chi connectivity index (χ0n) is 24.4. The molecule has 0 radical (unpaired) electrons. The molecule has 0 atom stereocenters. The van der Waals surface area contributed by atoms with Gasteiger partial charge in [-0.25, -0.2) is 9.36 Å². The van der Waals surface area contributed by atoms with Crippen LogP contribution in [0.5, 0.6) is 0 Å². The van der Waals surface area contributed by atoms with Gasteiger partial charge in [0.25, 0.3) is 11.1 Å². The minimum absolute atomic E-state index is 0.0972. The second kappa shape index (κ2) is 9.89. The molecule has 5 rings (SSSR count). The van der Waals surface area contributed by atoms with Gasteiger partial charge >= 0.3 is 12.4 Å². The molecule has 4 aromatic heterocycles. The number of rotatable bonds is 4. The molecule has 5 aromatic rings. The highest BCUT2D eigenvalue weighted by Crippen LogP contribution is 2.34. The highest BCUT2D eigenvalue weighted by Gasteiger charge is 2.36. The van der Waals surface area contributed by atoms with E-state index in [0.717, 1.165) is 0 Å². The van der Waals surface area contributed by atoms with Crippen LogP contribution in [0.1, 0.15) is 64.3 Å². The van der Waals surface area contributed by atoms with Crippen LogP contribution >= 0.6 is 0 Å². The normalized spacial score (nSPS) is 13.2. The van der Waals surface area contributed by atoms with Crippen LogP contribution in [0.15, 0.2) is 58.1 Å². The Labute approximate surface area is 245 Å². The number of halogens is 6. The van der Waals surface area contributed by atoms with Crippen LogP contribution in [-0.2, 0) is 23.2 Å². The van der Waals surface area contributed by atoms with E-state index in [0.29, 0.717) is 44.3 Å². The van der Waals surface area contributed by atoms with E-state index in [1.807, 2.05) is 41.5 Å². The molecule has 4 heterocycles. The van der Waals surface area contributed by atoms with Crippen molar-refractivity contribution >= 4 is 0 Å². The number of H-pyrrole nitrogens is 2. The van der Waals surface area contributed by atoms with Gasteiger partial charge in [0.15, 0.2) is 11.6 Å². The molecule has 16 heteroatoms. The van der Waals surface area contributed by atoms with E-state index in [9.17, 15) is 35.9 Å². The van der Waals surface area contributed by atoms with Crippen molar-refractivity contribution in [3.05, 3.63) is 92.0 Å². The van der Waals surface area contributed by atoms with Crippen molar-refractivity contribution in [1.82, 2.24) is 39.1 Å². The summed E-state index contributed by atoms with van der Waals surface area (Å²) in [5.74, 6) is -0.194. The first-order valence-corrected chi connectivity index (χ1v) is 13.3. The van der Waals surface area contributed by atoms with Crippen molar-refractivity contribution in [2.75, 3.05) is 0 Å². The quantitative estimate of drug-likeness (QED) is 0.253. The number of aromatic amines is 2. The lowest BCUT2D eigenvalue weighted by molar-refractivity contribution is -0.142. The summed E-state index contributed by atoms with van der Waals surface area (Å²) < 4.78 is 84.3. The summed E-state index contributed by atoms with van der Waals surface area (Å²) in [5, 5.41) is 13.2. The van der Waals surface area contributed by atoms with E-state index in [-0.39, 0.29) is 11.6 Å². The first kappa shape index (κ1) is 30.7. The van der Waals surface area contributed by atoms with Gasteiger partial charge in [0.1, 0.15) is 11.4 Å². The third-order valence-corrected chi connectivity index (χ3v) is 6.78. The number of benzene rings is 1. The van der Waals surface area contributed by atoms with Gasteiger partial charge in [-0.05, 0) is 12.1 Å². The third-order valence-electron chi connectivity index (χ3n) is 6.78. The van der Waals surface area contributed by atoms with Gasteiger partial charge in [0.05, 0.1) is 22.8 Å². The maximum absolute atomic E-state index is 13.3. The number of aromatic nitrogens is 8. The lowest BCUT2D eigenvalue weighted by Crippen LogP contribution is -2.21. The van der Waals surface area contributed by atoms with Crippen LogP contribution in [0.2, 0.25) is 0 Å². The van der Waals surface area contributed by atoms with Gasteiger partial charge in [0, 0.05) is 35.1 Å². The summed E-state index contributed by atoms with van der Waals surface area (Å²) in [6, 6.07) is 10.6. The largest absolute Gasteiger partial charge is 0.432 e. The van der Waals surface area contributed by atoms with Crippen LogP contribution in [0, 0.1) is 0 Å². The lowest BCUT2D eigenvalue weighted by atomic mass is 9.91. The van der Waals surface area contributed by atoms with Gasteiger partial charge in [-0.15, -0.1) is 10.2 Å². The first-order valence-electron chi connectivity index (χ1n) is 13.3. The standard InChI is InChI=1S/C28H28F6N8O2/c1-25(2,3)19-13-21(41-23(43)11-17(35-41)27(29,30)31)37-39(19)15-9-7-8-10-16(15)40-20(26(4,5)6)14-22(38-40)42-24(44)12-18(36-42)28(32,33)34/h7-14,35-36H,1-6H3. The van der Waals surface area contributed by atoms with E-state index in [1.54, 1.807) is 24.3 Å². The van der Waals surface area contributed by atoms with Crippen molar-refractivity contribution in [2.24, 2.45) is 0 Å². The van der Waals surface area contributed by atoms with E-state index < -0.39 is 45.7 Å². The van der Waals surface area contributed by atoms with Crippen LogP contribution in [0.3, 0.4) is 0 Å². The predicted octanol–water partition coefficient (Wildman–Crippen LogP) is 5.65. The fourth-order valence-corrected chi connectivity index (χ4v) is 4.64. The summed E-state index contributed by atoms with van der Waals surface area (Å²) in [4.78, 5) is 25.1. The van der Waals surface area contributed by atoms with Crippen LogP contribution < -0.4 is 11.1 Å². The van der Waals surface area contributed by atoms with Crippen molar-refractivity contribution < 1.29 is 26.3 Å². The van der Waals surface area contributed by atoms with E-state index in [4.69, 9.17) is 0 Å². The maximum Gasteiger partial charge on any atom is 0.432 e. The molecule has 10 nitrogen and oxygen atoms in total. The number of hydrogen-bond acceptors (Lipinski definition) is 4. The molecule has 0 aliphatic rings. The Balaban J connectivity index is 1.74. The Kier molecular flexibility index (Phi) is 6.90. The molecule has 0 bridgehead atoms. The van der Waals surface area contributed by atoms with Crippen molar-refractivity contribution in [3.63, 3.8) is 0 Å². The van der Waals surface area contributed by atoms with Crippen LogP contribution in [0.4, 0.5) is 26.3 Å². The number of hydrogen-bond donors (Lipinski definition) is 2. The molecule has 234 valence electrons. The molecule has 0 saturated heterocycles. The Morgan fingerprint density at radius 2 is 0.932 bits per heavy atom. The molecule has 0 unspecified atom stereocenters. The fraction of sp³-hybridized carbons (Fsp3) is 0.357. The van der Waals surface area contributed by atoms with Crippen LogP contribution in [0.25, 0.3) is 23.0 Å². The predicted molar refractivity (Wildman–Crippen MR) is 148 cm³/mol. The highest BCUT2D eigenvalue weighted by atomic mass is 19.4.